The van der Waals surface area contributed by atoms with E-state index < -0.39 is 0 Å². The van der Waals surface area contributed by atoms with Gasteiger partial charge in [0, 0.05) is 42.8 Å². The van der Waals surface area contributed by atoms with Crippen LogP contribution in [0.15, 0.2) is 128 Å². The molecule has 0 saturated heterocycles. The molecule has 2 nitrogen and oxygen atoms in total. The maximum atomic E-state index is 4.55. The van der Waals surface area contributed by atoms with Crippen molar-refractivity contribution >= 4 is 31.5 Å². The van der Waals surface area contributed by atoms with Crippen molar-refractivity contribution in [3.05, 3.63) is 145 Å². The van der Waals surface area contributed by atoms with Crippen LogP contribution in [0.4, 0.5) is 0 Å². The van der Waals surface area contributed by atoms with E-state index in [2.05, 4.69) is 83.6 Å². The van der Waals surface area contributed by atoms with Crippen molar-refractivity contribution in [3.63, 3.8) is 0 Å². The van der Waals surface area contributed by atoms with E-state index in [9.17, 15) is 0 Å². The van der Waals surface area contributed by atoms with E-state index in [-0.39, 0.29) is 20.1 Å². The van der Waals surface area contributed by atoms with E-state index in [1.165, 1.54) is 36.9 Å². The molecule has 0 fully saturated rings. The normalized spacial score (nSPS) is 10.5. The standard InChI is InChI=1S/C18H14N.C17H10NS.Ir/c1-14-12-18(16-10-6-3-7-11-16)19-13-17(14)15-8-4-2-5-9-15;1-2-7-16-13(5-1)14-9-8-12(11-17(14)19-16)15-6-3-4-10-18-15;/h2-10,12-13H,1H3;1-7,9-11H;/q2*-1;. The Morgan fingerprint density at radius 2 is 1.44 bits per heavy atom. The number of thiophene rings is 1. The zero-order valence-corrected chi connectivity index (χ0v) is 24.5. The third kappa shape index (κ3) is 5.89. The average Bonchev–Trinajstić information content (AvgIpc) is 3.37. The Bertz CT molecular complexity index is 1810. The molecule has 3 aromatic heterocycles. The third-order valence-electron chi connectivity index (χ3n) is 6.43. The number of hydrogen-bond acceptors (Lipinski definition) is 3. The van der Waals surface area contributed by atoms with Crippen molar-refractivity contribution < 1.29 is 20.1 Å². The largest absolute Gasteiger partial charge is 0.305 e. The third-order valence-corrected chi connectivity index (χ3v) is 7.57. The van der Waals surface area contributed by atoms with E-state index in [4.69, 9.17) is 0 Å². The summed E-state index contributed by atoms with van der Waals surface area (Å²) < 4.78 is 2.62. The molecule has 0 unspecified atom stereocenters. The molecule has 0 spiro atoms. The fourth-order valence-corrected chi connectivity index (χ4v) is 5.64. The van der Waals surface area contributed by atoms with Crippen molar-refractivity contribution in [3.8, 4) is 33.6 Å². The van der Waals surface area contributed by atoms with Crippen LogP contribution in [0, 0.1) is 19.1 Å². The minimum atomic E-state index is 0. The summed E-state index contributed by atoms with van der Waals surface area (Å²) in [6.07, 6.45) is 3.76. The van der Waals surface area contributed by atoms with Gasteiger partial charge in [-0.2, -0.15) is 11.3 Å². The van der Waals surface area contributed by atoms with Gasteiger partial charge in [0.1, 0.15) is 0 Å². The molecule has 7 rings (SSSR count). The number of benzene rings is 4. The Hall–Kier alpha value is -3.95. The molecule has 4 heteroatoms. The Balaban J connectivity index is 0.000000154. The summed E-state index contributed by atoms with van der Waals surface area (Å²) in [4.78, 5) is 8.94. The summed E-state index contributed by atoms with van der Waals surface area (Å²) in [7, 11) is 0. The molecule has 0 N–H and O–H groups in total. The summed E-state index contributed by atoms with van der Waals surface area (Å²) in [5.74, 6) is 0. The van der Waals surface area contributed by atoms with Crippen LogP contribution < -0.4 is 0 Å². The molecular weight excluding hydrogens is 673 g/mol. The summed E-state index contributed by atoms with van der Waals surface area (Å²) >= 11 is 1.82. The molecule has 39 heavy (non-hydrogen) atoms. The molecular formula is C35H24IrN2S-2. The van der Waals surface area contributed by atoms with Gasteiger partial charge in [-0.15, -0.1) is 59.7 Å². The molecule has 3 heterocycles. The monoisotopic (exact) mass is 697 g/mol. The number of fused-ring (bicyclic) bond motifs is 3. The fourth-order valence-electron chi connectivity index (χ4n) is 4.51. The number of hydrogen-bond donors (Lipinski definition) is 0. The van der Waals surface area contributed by atoms with Gasteiger partial charge in [0.05, 0.1) is 0 Å². The fraction of sp³-hybridized carbons (Fsp3) is 0.0286. The van der Waals surface area contributed by atoms with Crippen molar-refractivity contribution in [2.75, 3.05) is 0 Å². The van der Waals surface area contributed by atoms with Crippen molar-refractivity contribution in [1.82, 2.24) is 9.97 Å². The van der Waals surface area contributed by atoms with Gasteiger partial charge in [-0.1, -0.05) is 72.1 Å². The van der Waals surface area contributed by atoms with Gasteiger partial charge in [0.15, 0.2) is 0 Å². The first-order valence-electron chi connectivity index (χ1n) is 12.5. The second kappa shape index (κ2) is 12.3. The molecule has 191 valence electrons. The smallest absolute Gasteiger partial charge is 0.0246 e. The second-order valence-electron chi connectivity index (χ2n) is 8.96. The number of rotatable bonds is 3. The van der Waals surface area contributed by atoms with Gasteiger partial charge in [-0.25, -0.2) is 0 Å². The predicted molar refractivity (Wildman–Crippen MR) is 160 cm³/mol. The first-order valence-corrected chi connectivity index (χ1v) is 13.3. The molecule has 0 saturated carbocycles. The predicted octanol–water partition coefficient (Wildman–Crippen LogP) is 9.44. The molecule has 0 bridgehead atoms. The molecule has 0 aliphatic carbocycles. The van der Waals surface area contributed by atoms with Crippen molar-refractivity contribution in [2.24, 2.45) is 0 Å². The first kappa shape index (κ1) is 26.6. The quantitative estimate of drug-likeness (QED) is 0.172. The molecule has 7 aromatic rings. The van der Waals surface area contributed by atoms with Gasteiger partial charge >= 0.3 is 0 Å². The van der Waals surface area contributed by atoms with Gasteiger partial charge in [0.25, 0.3) is 0 Å². The minimum Gasteiger partial charge on any atom is -0.305 e. The van der Waals surface area contributed by atoms with Crippen molar-refractivity contribution in [1.29, 1.82) is 0 Å². The van der Waals surface area contributed by atoms with Crippen LogP contribution in [0.1, 0.15) is 5.56 Å². The average molecular weight is 697 g/mol. The Labute approximate surface area is 246 Å². The minimum absolute atomic E-state index is 0. The van der Waals surface area contributed by atoms with Gasteiger partial charge in [-0.3, -0.25) is 0 Å². The molecule has 4 aromatic carbocycles. The van der Waals surface area contributed by atoms with Crippen molar-refractivity contribution in [2.45, 2.75) is 6.92 Å². The number of pyridine rings is 2. The zero-order chi connectivity index (χ0) is 25.7. The SMILES string of the molecule is Cc1cc(-c2[c-]cccc2)ncc1-c1ccccc1.[Ir].[c-]1cc2c(cc1-c1ccccn1)sc1ccccc12. The van der Waals surface area contributed by atoms with Gasteiger partial charge in [-0.05, 0) is 51.7 Å². The first-order chi connectivity index (χ1) is 18.8. The number of aryl methyl sites for hydroxylation is 1. The summed E-state index contributed by atoms with van der Waals surface area (Å²) in [5, 5.41) is 2.59. The van der Waals surface area contributed by atoms with Crippen LogP contribution in [-0.2, 0) is 20.1 Å². The van der Waals surface area contributed by atoms with E-state index in [0.717, 1.165) is 22.5 Å². The molecule has 0 atom stereocenters. The Morgan fingerprint density at radius 3 is 2.21 bits per heavy atom. The zero-order valence-electron chi connectivity index (χ0n) is 21.3. The van der Waals surface area contributed by atoms with Gasteiger partial charge in [0.2, 0.25) is 0 Å². The van der Waals surface area contributed by atoms with E-state index in [0.29, 0.717) is 0 Å². The number of aromatic nitrogens is 2. The van der Waals surface area contributed by atoms with Gasteiger partial charge < -0.3 is 9.97 Å². The van der Waals surface area contributed by atoms with Crippen LogP contribution >= 0.6 is 11.3 Å². The van der Waals surface area contributed by atoms with Crippen LogP contribution in [0.3, 0.4) is 0 Å². The Morgan fingerprint density at radius 1 is 0.641 bits per heavy atom. The molecule has 1 radical (unpaired) electrons. The van der Waals surface area contributed by atoms with E-state index in [1.807, 2.05) is 84.4 Å². The van der Waals surface area contributed by atoms with E-state index >= 15 is 0 Å². The summed E-state index contributed by atoms with van der Waals surface area (Å²) in [6.45, 7) is 2.12. The second-order valence-corrected chi connectivity index (χ2v) is 10.0. The van der Waals surface area contributed by atoms with E-state index in [1.54, 1.807) is 0 Å². The molecule has 0 aliphatic heterocycles. The maximum Gasteiger partial charge on any atom is 0.0246 e. The molecule has 0 aliphatic rings. The topological polar surface area (TPSA) is 25.8 Å². The van der Waals surface area contributed by atoms with Crippen LogP contribution in [0.25, 0.3) is 53.8 Å². The summed E-state index contributed by atoms with van der Waals surface area (Å²) in [5.41, 5.74) is 7.65. The van der Waals surface area contributed by atoms with Crippen LogP contribution in [0.2, 0.25) is 0 Å². The summed E-state index contributed by atoms with van der Waals surface area (Å²) in [6, 6.07) is 45.7. The number of nitrogens with zero attached hydrogens (tertiary/aromatic N) is 2. The van der Waals surface area contributed by atoms with Crippen LogP contribution in [-0.4, -0.2) is 9.97 Å². The Kier molecular flexibility index (Phi) is 8.39. The molecule has 0 amide bonds. The van der Waals surface area contributed by atoms with Crippen LogP contribution in [0.5, 0.6) is 0 Å². The maximum absolute atomic E-state index is 4.55.